The molecule has 0 aliphatic rings. The van der Waals surface area contributed by atoms with Crippen LogP contribution in [0.15, 0.2) is 24.3 Å². The van der Waals surface area contributed by atoms with Crippen molar-refractivity contribution in [2.45, 2.75) is 32.7 Å². The van der Waals surface area contributed by atoms with Gasteiger partial charge < -0.3 is 10.6 Å². The van der Waals surface area contributed by atoms with Crippen LogP contribution in [0.1, 0.15) is 43.9 Å². The highest BCUT2D eigenvalue weighted by Gasteiger charge is 2.09. The first kappa shape index (κ1) is 14.1. The highest BCUT2D eigenvalue weighted by atomic mass is 16.2. The van der Waals surface area contributed by atoms with Crippen molar-refractivity contribution in [3.63, 3.8) is 0 Å². The quantitative estimate of drug-likeness (QED) is 0.786. The van der Waals surface area contributed by atoms with Crippen LogP contribution < -0.4 is 10.6 Å². The summed E-state index contributed by atoms with van der Waals surface area (Å²) in [5.74, 6) is 2.87. The third kappa shape index (κ3) is 4.14. The Bertz CT molecular complexity index is 429. The molecule has 0 bridgehead atoms. The van der Waals surface area contributed by atoms with E-state index in [9.17, 15) is 4.79 Å². The average molecular weight is 244 g/mol. The predicted octanol–water partition coefficient (Wildman–Crippen LogP) is 2.80. The number of nitrogens with one attached hydrogen (secondary N) is 2. The van der Waals surface area contributed by atoms with Crippen LogP contribution in [0.3, 0.4) is 0 Å². The molecule has 0 saturated carbocycles. The summed E-state index contributed by atoms with van der Waals surface area (Å²) < 4.78 is 0. The van der Waals surface area contributed by atoms with E-state index in [1.807, 2.05) is 19.1 Å². The van der Waals surface area contributed by atoms with Crippen LogP contribution in [0.2, 0.25) is 0 Å². The van der Waals surface area contributed by atoms with Crippen molar-refractivity contribution in [3.05, 3.63) is 35.4 Å². The second kappa shape index (κ2) is 6.70. The normalized spacial score (nSPS) is 11.7. The van der Waals surface area contributed by atoms with Gasteiger partial charge in [-0.05, 0) is 24.0 Å². The van der Waals surface area contributed by atoms with Crippen LogP contribution in [0.4, 0.5) is 4.79 Å². The molecule has 1 aromatic rings. The lowest BCUT2D eigenvalue weighted by atomic mass is 10.00. The topological polar surface area (TPSA) is 41.1 Å². The molecule has 18 heavy (non-hydrogen) atoms. The third-order valence-corrected chi connectivity index (χ3v) is 2.80. The van der Waals surface area contributed by atoms with Gasteiger partial charge in [0.1, 0.15) is 0 Å². The monoisotopic (exact) mass is 244 g/mol. The highest BCUT2D eigenvalue weighted by Crippen LogP contribution is 2.18. The van der Waals surface area contributed by atoms with E-state index in [0.717, 1.165) is 5.56 Å². The van der Waals surface area contributed by atoms with Crippen molar-refractivity contribution in [2.24, 2.45) is 0 Å². The molecule has 3 heteroatoms. The van der Waals surface area contributed by atoms with Crippen molar-refractivity contribution in [3.8, 4) is 12.3 Å². The van der Waals surface area contributed by atoms with E-state index in [0.29, 0.717) is 5.92 Å². The summed E-state index contributed by atoms with van der Waals surface area (Å²) >= 11 is 0. The fourth-order valence-corrected chi connectivity index (χ4v) is 1.63. The molecule has 0 fully saturated rings. The predicted molar refractivity (Wildman–Crippen MR) is 74.3 cm³/mol. The van der Waals surface area contributed by atoms with E-state index >= 15 is 0 Å². The molecule has 2 N–H and O–H groups in total. The zero-order chi connectivity index (χ0) is 13.5. The molecule has 96 valence electrons. The largest absolute Gasteiger partial charge is 0.332 e. The third-order valence-electron chi connectivity index (χ3n) is 2.80. The number of urea groups is 1. The van der Waals surface area contributed by atoms with E-state index in [2.05, 4.69) is 42.5 Å². The molecule has 0 aliphatic heterocycles. The minimum Gasteiger partial charge on any atom is -0.332 e. The van der Waals surface area contributed by atoms with Gasteiger partial charge >= 0.3 is 6.03 Å². The Kier molecular flexibility index (Phi) is 5.26. The molecule has 0 saturated heterocycles. The van der Waals surface area contributed by atoms with Crippen molar-refractivity contribution in [1.82, 2.24) is 10.6 Å². The van der Waals surface area contributed by atoms with Crippen molar-refractivity contribution in [1.29, 1.82) is 0 Å². The Balaban J connectivity index is 2.59. The number of rotatable bonds is 4. The maximum absolute atomic E-state index is 11.4. The molecule has 1 rings (SSSR count). The number of amides is 2. The van der Waals surface area contributed by atoms with Gasteiger partial charge in [0, 0.05) is 0 Å². The van der Waals surface area contributed by atoms with Crippen molar-refractivity contribution in [2.75, 3.05) is 6.54 Å². The van der Waals surface area contributed by atoms with E-state index in [1.165, 1.54) is 5.56 Å². The smallest absolute Gasteiger partial charge is 0.316 e. The van der Waals surface area contributed by atoms with Gasteiger partial charge in [-0.3, -0.25) is 0 Å². The van der Waals surface area contributed by atoms with Gasteiger partial charge in [-0.15, -0.1) is 6.42 Å². The summed E-state index contributed by atoms with van der Waals surface area (Å²) in [5.41, 5.74) is 2.37. The molecular formula is C15H20N2O. The number of hydrogen-bond acceptors (Lipinski definition) is 1. The Morgan fingerprint density at radius 3 is 2.28 bits per heavy atom. The van der Waals surface area contributed by atoms with E-state index in [4.69, 9.17) is 6.42 Å². The molecule has 0 aromatic heterocycles. The number of carbonyl (C=O) groups is 1. The SMILES string of the molecule is C#CCNC(=O)N[C@H](C)c1ccc(C(C)C)cc1. The number of hydrogen-bond donors (Lipinski definition) is 2. The Labute approximate surface area is 109 Å². The molecule has 2 amide bonds. The maximum atomic E-state index is 11.4. The number of carbonyl (C=O) groups excluding carboxylic acids is 1. The van der Waals surface area contributed by atoms with Gasteiger partial charge in [0.15, 0.2) is 0 Å². The van der Waals surface area contributed by atoms with Crippen LogP contribution in [0, 0.1) is 12.3 Å². The van der Waals surface area contributed by atoms with E-state index in [1.54, 1.807) is 0 Å². The van der Waals surface area contributed by atoms with Gasteiger partial charge in [-0.2, -0.15) is 0 Å². The Hall–Kier alpha value is -1.95. The van der Waals surface area contributed by atoms with Crippen molar-refractivity contribution < 1.29 is 4.79 Å². The second-order valence-corrected chi connectivity index (χ2v) is 4.57. The van der Waals surface area contributed by atoms with Crippen LogP contribution >= 0.6 is 0 Å². The van der Waals surface area contributed by atoms with Gasteiger partial charge in [0.2, 0.25) is 0 Å². The fraction of sp³-hybridized carbons (Fsp3) is 0.400. The molecule has 0 radical (unpaired) electrons. The van der Waals surface area contributed by atoms with Crippen LogP contribution in [-0.2, 0) is 0 Å². The minimum absolute atomic E-state index is 0.0380. The van der Waals surface area contributed by atoms with Crippen LogP contribution in [0.5, 0.6) is 0 Å². The van der Waals surface area contributed by atoms with Gasteiger partial charge in [-0.25, -0.2) is 4.79 Å². The first-order valence-corrected chi connectivity index (χ1v) is 6.12. The molecule has 1 aromatic carbocycles. The summed E-state index contributed by atoms with van der Waals surface area (Å²) in [6, 6.07) is 8.00. The molecule has 0 aliphatic carbocycles. The lowest BCUT2D eigenvalue weighted by Crippen LogP contribution is -2.37. The van der Waals surface area contributed by atoms with E-state index in [-0.39, 0.29) is 18.6 Å². The standard InChI is InChI=1S/C15H20N2O/c1-5-10-16-15(18)17-12(4)14-8-6-13(7-9-14)11(2)3/h1,6-9,11-12H,10H2,2-4H3,(H2,16,17,18)/t12-/m1/s1. The average Bonchev–Trinajstić information content (AvgIpc) is 2.36. The first-order chi connectivity index (χ1) is 8.54. The molecule has 0 heterocycles. The number of benzene rings is 1. The van der Waals surface area contributed by atoms with Crippen LogP contribution in [0.25, 0.3) is 0 Å². The zero-order valence-electron chi connectivity index (χ0n) is 11.2. The second-order valence-electron chi connectivity index (χ2n) is 4.57. The van der Waals surface area contributed by atoms with Gasteiger partial charge in [-0.1, -0.05) is 44.0 Å². The Morgan fingerprint density at radius 1 is 1.22 bits per heavy atom. The molecule has 1 atom stereocenters. The minimum atomic E-state index is -0.242. The zero-order valence-corrected chi connectivity index (χ0v) is 11.2. The fourth-order valence-electron chi connectivity index (χ4n) is 1.63. The lowest BCUT2D eigenvalue weighted by Gasteiger charge is -2.15. The summed E-state index contributed by atoms with van der Waals surface area (Å²) in [5, 5.41) is 5.41. The Morgan fingerprint density at radius 2 is 1.78 bits per heavy atom. The number of terminal acetylenes is 1. The van der Waals surface area contributed by atoms with Gasteiger partial charge in [0.25, 0.3) is 0 Å². The molecular weight excluding hydrogens is 224 g/mol. The van der Waals surface area contributed by atoms with E-state index < -0.39 is 0 Å². The van der Waals surface area contributed by atoms with Crippen molar-refractivity contribution >= 4 is 6.03 Å². The lowest BCUT2D eigenvalue weighted by molar-refractivity contribution is 0.239. The molecule has 0 spiro atoms. The maximum Gasteiger partial charge on any atom is 0.316 e. The molecule has 3 nitrogen and oxygen atoms in total. The summed E-state index contributed by atoms with van der Waals surface area (Å²) in [6.45, 7) is 6.50. The summed E-state index contributed by atoms with van der Waals surface area (Å²) in [4.78, 5) is 11.4. The molecule has 0 unspecified atom stereocenters. The summed E-state index contributed by atoms with van der Waals surface area (Å²) in [6.07, 6.45) is 5.07. The van der Waals surface area contributed by atoms with Crippen LogP contribution in [-0.4, -0.2) is 12.6 Å². The van der Waals surface area contributed by atoms with Gasteiger partial charge in [0.05, 0.1) is 12.6 Å². The highest BCUT2D eigenvalue weighted by molar-refractivity contribution is 5.74. The summed E-state index contributed by atoms with van der Waals surface area (Å²) in [7, 11) is 0. The first-order valence-electron chi connectivity index (χ1n) is 6.12.